The number of aryl methyl sites for hydroxylation is 1. The SMILES string of the molecule is COC(=O)C1CCC(C)=NN1S(=O)(=O)CCc1ccc(Cl)cc1. The first-order valence-electron chi connectivity index (χ1n) is 7.22. The Morgan fingerprint density at radius 2 is 2.04 bits per heavy atom. The predicted octanol–water partition coefficient (Wildman–Crippen LogP) is 2.23. The Kier molecular flexibility index (Phi) is 5.64. The van der Waals surface area contributed by atoms with Gasteiger partial charge in [0.1, 0.15) is 0 Å². The number of hydrogen-bond acceptors (Lipinski definition) is 5. The number of benzene rings is 1. The van der Waals surface area contributed by atoms with Crippen LogP contribution in [0.5, 0.6) is 0 Å². The van der Waals surface area contributed by atoms with Gasteiger partial charge in [0.05, 0.1) is 12.9 Å². The van der Waals surface area contributed by atoms with Crippen molar-refractivity contribution in [3.8, 4) is 0 Å². The maximum atomic E-state index is 12.6. The molecule has 8 heteroatoms. The van der Waals surface area contributed by atoms with Crippen LogP contribution >= 0.6 is 11.6 Å². The summed E-state index contributed by atoms with van der Waals surface area (Å²) in [4.78, 5) is 11.8. The van der Waals surface area contributed by atoms with Gasteiger partial charge in [-0.15, -0.1) is 0 Å². The molecule has 0 amide bonds. The van der Waals surface area contributed by atoms with E-state index in [1.807, 2.05) is 0 Å². The number of carbonyl (C=O) groups is 1. The summed E-state index contributed by atoms with van der Waals surface area (Å²) in [5.41, 5.74) is 1.53. The van der Waals surface area contributed by atoms with Gasteiger partial charge < -0.3 is 4.74 Å². The molecule has 1 aliphatic rings. The molecule has 0 aromatic heterocycles. The first kappa shape index (κ1) is 17.7. The quantitative estimate of drug-likeness (QED) is 0.756. The highest BCUT2D eigenvalue weighted by molar-refractivity contribution is 7.89. The largest absolute Gasteiger partial charge is 0.467 e. The van der Waals surface area contributed by atoms with Crippen LogP contribution in [0.1, 0.15) is 25.3 Å². The van der Waals surface area contributed by atoms with Gasteiger partial charge in [0.15, 0.2) is 6.04 Å². The van der Waals surface area contributed by atoms with Gasteiger partial charge in [0, 0.05) is 10.7 Å². The smallest absolute Gasteiger partial charge is 0.331 e. The number of sulfonamides is 1. The van der Waals surface area contributed by atoms with Crippen molar-refractivity contribution in [1.29, 1.82) is 0 Å². The average Bonchev–Trinajstić information content (AvgIpc) is 2.53. The van der Waals surface area contributed by atoms with Gasteiger partial charge in [-0.05, 0) is 43.9 Å². The van der Waals surface area contributed by atoms with E-state index in [1.165, 1.54) is 7.11 Å². The Hall–Kier alpha value is -1.60. The van der Waals surface area contributed by atoms with Crippen molar-refractivity contribution in [2.24, 2.45) is 5.10 Å². The van der Waals surface area contributed by atoms with Gasteiger partial charge >= 0.3 is 5.97 Å². The third-order valence-electron chi connectivity index (χ3n) is 3.64. The van der Waals surface area contributed by atoms with E-state index in [-0.39, 0.29) is 5.75 Å². The number of carbonyl (C=O) groups excluding carboxylic acids is 1. The Balaban J connectivity index is 2.16. The van der Waals surface area contributed by atoms with E-state index in [1.54, 1.807) is 31.2 Å². The normalized spacial score (nSPS) is 18.5. The molecule has 0 fully saturated rings. The van der Waals surface area contributed by atoms with Crippen LogP contribution in [-0.4, -0.2) is 43.4 Å². The lowest BCUT2D eigenvalue weighted by molar-refractivity contribution is -0.145. The lowest BCUT2D eigenvalue weighted by Gasteiger charge is -2.30. The van der Waals surface area contributed by atoms with E-state index in [2.05, 4.69) is 5.10 Å². The van der Waals surface area contributed by atoms with Crippen molar-refractivity contribution >= 4 is 33.3 Å². The van der Waals surface area contributed by atoms with Crippen molar-refractivity contribution < 1.29 is 17.9 Å². The van der Waals surface area contributed by atoms with Crippen LogP contribution in [-0.2, 0) is 26.0 Å². The lowest BCUT2D eigenvalue weighted by atomic mass is 10.1. The molecule has 1 unspecified atom stereocenters. The van der Waals surface area contributed by atoms with Crippen LogP contribution < -0.4 is 0 Å². The van der Waals surface area contributed by atoms with E-state index < -0.39 is 22.0 Å². The van der Waals surface area contributed by atoms with Gasteiger partial charge in [0.2, 0.25) is 0 Å². The van der Waals surface area contributed by atoms with Crippen LogP contribution in [0, 0.1) is 0 Å². The highest BCUT2D eigenvalue weighted by Gasteiger charge is 2.36. The van der Waals surface area contributed by atoms with Crippen LogP contribution in [0.4, 0.5) is 0 Å². The van der Waals surface area contributed by atoms with Gasteiger partial charge in [0.25, 0.3) is 10.0 Å². The van der Waals surface area contributed by atoms with E-state index in [0.717, 1.165) is 9.98 Å². The number of esters is 1. The Morgan fingerprint density at radius 1 is 1.39 bits per heavy atom. The monoisotopic (exact) mass is 358 g/mol. The number of methoxy groups -OCH3 is 1. The molecule has 1 aliphatic heterocycles. The maximum Gasteiger partial charge on any atom is 0.331 e. The molecule has 1 aromatic rings. The highest BCUT2D eigenvalue weighted by atomic mass is 35.5. The zero-order chi connectivity index (χ0) is 17.0. The second-order valence-electron chi connectivity index (χ2n) is 5.38. The zero-order valence-electron chi connectivity index (χ0n) is 13.0. The molecule has 0 saturated heterocycles. The topological polar surface area (TPSA) is 76.0 Å². The van der Waals surface area contributed by atoms with Crippen molar-refractivity contribution in [2.75, 3.05) is 12.9 Å². The molecule has 1 aromatic carbocycles. The lowest BCUT2D eigenvalue weighted by Crippen LogP contribution is -2.46. The Bertz CT molecular complexity index is 701. The summed E-state index contributed by atoms with van der Waals surface area (Å²) in [5, 5.41) is 4.67. The number of halogens is 1. The molecule has 0 saturated carbocycles. The molecular weight excluding hydrogens is 340 g/mol. The fourth-order valence-electron chi connectivity index (χ4n) is 2.34. The minimum Gasteiger partial charge on any atom is -0.467 e. The summed E-state index contributed by atoms with van der Waals surface area (Å²) in [5.74, 6) is -0.727. The molecular formula is C15H19ClN2O4S. The second kappa shape index (κ2) is 7.31. The number of hydrogen-bond donors (Lipinski definition) is 0. The highest BCUT2D eigenvalue weighted by Crippen LogP contribution is 2.22. The molecule has 0 bridgehead atoms. The summed E-state index contributed by atoms with van der Waals surface area (Å²) in [6.07, 6.45) is 1.27. The standard InChI is InChI=1S/C15H19ClN2O4S/c1-11-3-8-14(15(19)22-2)18(17-11)23(20,21)10-9-12-4-6-13(16)7-5-12/h4-7,14H,3,8-10H2,1-2H3. The van der Waals surface area contributed by atoms with E-state index >= 15 is 0 Å². The zero-order valence-corrected chi connectivity index (χ0v) is 14.6. The molecule has 1 heterocycles. The molecule has 0 N–H and O–H groups in total. The molecule has 126 valence electrons. The Morgan fingerprint density at radius 3 is 2.65 bits per heavy atom. The second-order valence-corrected chi connectivity index (χ2v) is 7.76. The maximum absolute atomic E-state index is 12.6. The molecule has 6 nitrogen and oxygen atoms in total. The van der Waals surface area contributed by atoms with Gasteiger partial charge in [-0.25, -0.2) is 13.2 Å². The summed E-state index contributed by atoms with van der Waals surface area (Å²) >= 11 is 5.81. The number of hydrazone groups is 1. The first-order valence-corrected chi connectivity index (χ1v) is 9.20. The summed E-state index contributed by atoms with van der Waals surface area (Å²) in [6, 6.07) is 6.09. The van der Waals surface area contributed by atoms with Gasteiger partial charge in [-0.3, -0.25) is 0 Å². The third kappa shape index (κ3) is 4.45. The third-order valence-corrected chi connectivity index (χ3v) is 5.51. The fraction of sp³-hybridized carbons (Fsp3) is 0.467. The van der Waals surface area contributed by atoms with Crippen LogP contribution in [0.2, 0.25) is 5.02 Å². The Labute approximate surface area is 141 Å². The summed E-state index contributed by atoms with van der Waals surface area (Å²) in [7, 11) is -2.47. The van der Waals surface area contributed by atoms with Crippen LogP contribution in [0.15, 0.2) is 29.4 Å². The summed E-state index contributed by atoms with van der Waals surface area (Å²) in [6.45, 7) is 1.75. The van der Waals surface area contributed by atoms with Gasteiger partial charge in [-0.1, -0.05) is 23.7 Å². The van der Waals surface area contributed by atoms with Crippen molar-refractivity contribution in [1.82, 2.24) is 4.41 Å². The molecule has 1 atom stereocenters. The van der Waals surface area contributed by atoms with E-state index in [4.69, 9.17) is 16.3 Å². The molecule has 0 radical (unpaired) electrons. The van der Waals surface area contributed by atoms with Crippen molar-refractivity contribution in [3.63, 3.8) is 0 Å². The van der Waals surface area contributed by atoms with Crippen molar-refractivity contribution in [2.45, 2.75) is 32.2 Å². The molecule has 0 aliphatic carbocycles. The molecule has 2 rings (SSSR count). The van der Waals surface area contributed by atoms with Gasteiger partial charge in [-0.2, -0.15) is 9.52 Å². The number of nitrogens with zero attached hydrogens (tertiary/aromatic N) is 2. The summed E-state index contributed by atoms with van der Waals surface area (Å²) < 4.78 is 30.8. The molecule has 23 heavy (non-hydrogen) atoms. The predicted molar refractivity (Wildman–Crippen MR) is 88.9 cm³/mol. The fourth-order valence-corrected chi connectivity index (χ4v) is 3.99. The van der Waals surface area contributed by atoms with E-state index in [0.29, 0.717) is 30.0 Å². The minimum absolute atomic E-state index is 0.140. The number of ether oxygens (including phenoxy) is 1. The number of rotatable bonds is 5. The van der Waals surface area contributed by atoms with Crippen LogP contribution in [0.25, 0.3) is 0 Å². The minimum atomic E-state index is -3.72. The van der Waals surface area contributed by atoms with E-state index in [9.17, 15) is 13.2 Å². The molecule has 0 spiro atoms. The first-order chi connectivity index (χ1) is 10.8. The van der Waals surface area contributed by atoms with Crippen LogP contribution in [0.3, 0.4) is 0 Å². The van der Waals surface area contributed by atoms with Crippen molar-refractivity contribution in [3.05, 3.63) is 34.9 Å². The average molecular weight is 359 g/mol.